The molecular formula is C28H24N2O4S2. The molecule has 2 aromatic carbocycles. The van der Waals surface area contributed by atoms with Crippen LogP contribution in [0.3, 0.4) is 0 Å². The van der Waals surface area contributed by atoms with Crippen molar-refractivity contribution in [2.75, 3.05) is 13.7 Å². The third-order valence-electron chi connectivity index (χ3n) is 5.90. The molecule has 4 aromatic rings. The van der Waals surface area contributed by atoms with Gasteiger partial charge in [-0.05, 0) is 54.6 Å². The third-order valence-corrected chi connectivity index (χ3v) is 7.81. The van der Waals surface area contributed by atoms with Gasteiger partial charge in [-0.2, -0.15) is 0 Å². The molecule has 0 fully saturated rings. The van der Waals surface area contributed by atoms with E-state index in [1.54, 1.807) is 18.6 Å². The van der Waals surface area contributed by atoms with Crippen molar-refractivity contribution in [1.82, 2.24) is 4.57 Å². The molecule has 0 saturated heterocycles. The molecule has 8 heteroatoms. The van der Waals surface area contributed by atoms with E-state index < -0.39 is 12.0 Å². The van der Waals surface area contributed by atoms with Gasteiger partial charge in [0.2, 0.25) is 0 Å². The third kappa shape index (κ3) is 4.34. The highest BCUT2D eigenvalue weighted by atomic mass is 32.1. The number of methoxy groups -OCH3 is 1. The molecule has 1 atom stereocenters. The summed E-state index contributed by atoms with van der Waals surface area (Å²) in [5.41, 5.74) is 3.36. The minimum atomic E-state index is -0.629. The first-order valence-electron chi connectivity index (χ1n) is 11.5. The summed E-state index contributed by atoms with van der Waals surface area (Å²) in [5.74, 6) is 0.316. The number of benzene rings is 2. The molecule has 1 aliphatic heterocycles. The monoisotopic (exact) mass is 516 g/mol. The fourth-order valence-corrected chi connectivity index (χ4v) is 6.12. The van der Waals surface area contributed by atoms with Crippen molar-refractivity contribution in [2.24, 2.45) is 4.99 Å². The Morgan fingerprint density at radius 2 is 1.94 bits per heavy atom. The maximum absolute atomic E-state index is 13.8. The summed E-state index contributed by atoms with van der Waals surface area (Å²) in [6, 6.07) is 18.6. The number of thiazole rings is 1. The van der Waals surface area contributed by atoms with Gasteiger partial charge in [-0.15, -0.1) is 11.3 Å². The first kappa shape index (κ1) is 24.0. The second kappa shape index (κ2) is 10.1. The molecule has 1 unspecified atom stereocenters. The summed E-state index contributed by atoms with van der Waals surface area (Å²) in [4.78, 5) is 33.4. The van der Waals surface area contributed by atoms with Gasteiger partial charge in [0, 0.05) is 10.4 Å². The van der Waals surface area contributed by atoms with E-state index in [1.165, 1.54) is 22.7 Å². The van der Waals surface area contributed by atoms with Crippen molar-refractivity contribution in [2.45, 2.75) is 19.9 Å². The maximum Gasteiger partial charge on any atom is 0.338 e. The first-order valence-corrected chi connectivity index (χ1v) is 13.2. The molecule has 2 aromatic heterocycles. The van der Waals surface area contributed by atoms with Gasteiger partial charge in [0.05, 0.1) is 29.5 Å². The van der Waals surface area contributed by atoms with Crippen molar-refractivity contribution < 1.29 is 14.3 Å². The number of fused-ring (bicyclic) bond motifs is 1. The maximum atomic E-state index is 13.8. The van der Waals surface area contributed by atoms with Crippen molar-refractivity contribution in [1.29, 1.82) is 0 Å². The average molecular weight is 517 g/mol. The zero-order valence-electron chi connectivity index (χ0n) is 20.1. The number of thiophene rings is 1. The number of ether oxygens (including phenoxy) is 2. The Hall–Kier alpha value is -3.75. The van der Waals surface area contributed by atoms with E-state index in [9.17, 15) is 9.59 Å². The van der Waals surface area contributed by atoms with Gasteiger partial charge in [-0.1, -0.05) is 53.8 Å². The topological polar surface area (TPSA) is 69.9 Å². The van der Waals surface area contributed by atoms with Gasteiger partial charge in [-0.25, -0.2) is 9.79 Å². The highest BCUT2D eigenvalue weighted by Gasteiger charge is 2.35. The zero-order chi connectivity index (χ0) is 25.2. The van der Waals surface area contributed by atoms with E-state index in [0.29, 0.717) is 20.6 Å². The van der Waals surface area contributed by atoms with E-state index in [0.717, 1.165) is 27.3 Å². The Labute approximate surface area is 216 Å². The van der Waals surface area contributed by atoms with Crippen LogP contribution in [0.25, 0.3) is 11.8 Å². The lowest BCUT2D eigenvalue weighted by atomic mass is 9.97. The van der Waals surface area contributed by atoms with Crippen LogP contribution in [0, 0.1) is 6.92 Å². The average Bonchev–Trinajstić information content (AvgIpc) is 3.52. The fourth-order valence-electron chi connectivity index (χ4n) is 4.30. The van der Waals surface area contributed by atoms with Crippen LogP contribution in [0.4, 0.5) is 0 Å². The molecule has 5 rings (SSSR count). The Morgan fingerprint density at radius 3 is 2.61 bits per heavy atom. The molecule has 3 heterocycles. The van der Waals surface area contributed by atoms with Crippen LogP contribution in [-0.4, -0.2) is 24.3 Å². The minimum Gasteiger partial charge on any atom is -0.496 e. The van der Waals surface area contributed by atoms with Crippen LogP contribution in [0.15, 0.2) is 81.4 Å². The predicted molar refractivity (Wildman–Crippen MR) is 143 cm³/mol. The van der Waals surface area contributed by atoms with Crippen molar-refractivity contribution >= 4 is 40.4 Å². The molecule has 0 saturated carbocycles. The number of carbonyl (C=O) groups is 1. The van der Waals surface area contributed by atoms with Gasteiger partial charge in [0.1, 0.15) is 11.8 Å². The van der Waals surface area contributed by atoms with E-state index in [2.05, 4.69) is 0 Å². The Morgan fingerprint density at radius 1 is 1.14 bits per heavy atom. The second-order valence-corrected chi connectivity index (χ2v) is 10.2. The standard InChI is InChI=1S/C28H24N2O4S2/c1-4-34-27(32)23-24(19-9-6-5-7-10-19)29-28-30(25(23)21-11-8-14-35-21)26(31)22(36-28)16-18-12-13-20(33-3)17(2)15-18/h5-16,25H,4H2,1-3H3. The van der Waals surface area contributed by atoms with Crippen LogP contribution in [0.2, 0.25) is 0 Å². The van der Waals surface area contributed by atoms with Crippen LogP contribution in [0.1, 0.15) is 34.5 Å². The summed E-state index contributed by atoms with van der Waals surface area (Å²) in [6.07, 6.45) is 1.86. The lowest BCUT2D eigenvalue weighted by Gasteiger charge is -2.24. The molecule has 36 heavy (non-hydrogen) atoms. The Bertz CT molecular complexity index is 1630. The lowest BCUT2D eigenvalue weighted by Crippen LogP contribution is -2.39. The Balaban J connectivity index is 1.78. The highest BCUT2D eigenvalue weighted by Crippen LogP contribution is 2.36. The van der Waals surface area contributed by atoms with Gasteiger partial charge >= 0.3 is 5.97 Å². The smallest absolute Gasteiger partial charge is 0.338 e. The number of esters is 1. The van der Waals surface area contributed by atoms with E-state index in [4.69, 9.17) is 14.5 Å². The van der Waals surface area contributed by atoms with Crippen molar-refractivity contribution in [3.8, 4) is 5.75 Å². The quantitative estimate of drug-likeness (QED) is 0.358. The summed E-state index contributed by atoms with van der Waals surface area (Å²) < 4.78 is 13.0. The van der Waals surface area contributed by atoms with Crippen LogP contribution >= 0.6 is 22.7 Å². The number of hydrogen-bond donors (Lipinski definition) is 0. The SMILES string of the molecule is CCOC(=O)C1=C(c2ccccc2)N=c2sc(=Cc3ccc(OC)c(C)c3)c(=O)n2C1c1cccs1. The van der Waals surface area contributed by atoms with E-state index >= 15 is 0 Å². The summed E-state index contributed by atoms with van der Waals surface area (Å²) in [7, 11) is 1.64. The molecule has 0 N–H and O–H groups in total. The predicted octanol–water partition coefficient (Wildman–Crippen LogP) is 4.31. The summed E-state index contributed by atoms with van der Waals surface area (Å²) in [6.45, 7) is 3.96. The van der Waals surface area contributed by atoms with Gasteiger partial charge in [0.25, 0.3) is 5.56 Å². The van der Waals surface area contributed by atoms with Gasteiger partial charge in [0.15, 0.2) is 4.80 Å². The molecule has 0 amide bonds. The summed E-state index contributed by atoms with van der Waals surface area (Å²) >= 11 is 2.81. The molecule has 0 radical (unpaired) electrons. The van der Waals surface area contributed by atoms with Crippen LogP contribution < -0.4 is 19.6 Å². The molecule has 0 aliphatic carbocycles. The van der Waals surface area contributed by atoms with Crippen LogP contribution in [-0.2, 0) is 9.53 Å². The number of carbonyl (C=O) groups excluding carboxylic acids is 1. The Kier molecular flexibility index (Phi) is 6.71. The van der Waals surface area contributed by atoms with Crippen LogP contribution in [0.5, 0.6) is 5.75 Å². The number of rotatable bonds is 6. The zero-order valence-corrected chi connectivity index (χ0v) is 21.7. The summed E-state index contributed by atoms with van der Waals surface area (Å²) in [5, 5.41) is 1.94. The normalized spacial score (nSPS) is 15.4. The number of aromatic nitrogens is 1. The molecule has 182 valence electrons. The minimum absolute atomic E-state index is 0.195. The molecule has 0 spiro atoms. The highest BCUT2D eigenvalue weighted by molar-refractivity contribution is 7.10. The van der Waals surface area contributed by atoms with Crippen molar-refractivity contribution in [3.05, 3.63) is 113 Å². The molecule has 1 aliphatic rings. The molecule has 0 bridgehead atoms. The van der Waals surface area contributed by atoms with Crippen molar-refractivity contribution in [3.63, 3.8) is 0 Å². The second-order valence-electron chi connectivity index (χ2n) is 8.18. The molecular weight excluding hydrogens is 492 g/mol. The number of hydrogen-bond acceptors (Lipinski definition) is 7. The first-order chi connectivity index (χ1) is 17.5. The molecule has 6 nitrogen and oxygen atoms in total. The van der Waals surface area contributed by atoms with E-state index in [-0.39, 0.29) is 12.2 Å². The number of aryl methyl sites for hydroxylation is 1. The van der Waals surface area contributed by atoms with Gasteiger partial charge < -0.3 is 9.47 Å². The largest absolute Gasteiger partial charge is 0.496 e. The van der Waals surface area contributed by atoms with Gasteiger partial charge in [-0.3, -0.25) is 9.36 Å². The van der Waals surface area contributed by atoms with E-state index in [1.807, 2.05) is 79.0 Å². The number of nitrogens with zero attached hydrogens (tertiary/aromatic N) is 2. The lowest BCUT2D eigenvalue weighted by molar-refractivity contribution is -0.138. The fraction of sp³-hybridized carbons (Fsp3) is 0.179.